The van der Waals surface area contributed by atoms with Crippen LogP contribution in [0, 0.1) is 5.82 Å². The van der Waals surface area contributed by atoms with E-state index in [9.17, 15) is 17.6 Å². The van der Waals surface area contributed by atoms with Crippen LogP contribution in [0.4, 0.5) is 4.39 Å². The minimum absolute atomic E-state index is 0.0184. The molecule has 2 aromatic rings. The molecule has 3 rings (SSSR count). The second-order valence-electron chi connectivity index (χ2n) is 7.23. The number of carbonyl (C=O) groups excluding carboxylic acids is 1. The van der Waals surface area contributed by atoms with Gasteiger partial charge in [0.1, 0.15) is 5.82 Å². The Bertz CT molecular complexity index is 1060. The SMILES string of the molecule is CN(C)S(=O)(=O)c1ccc(Cl)c(C(=O)N2CCN(Cc3ccc(F)cc3Cl)CC2)c1. The monoisotopic (exact) mass is 473 g/mol. The Labute approximate surface area is 185 Å². The molecule has 0 aliphatic carbocycles. The first-order valence-electron chi connectivity index (χ1n) is 9.27. The van der Waals surface area contributed by atoms with Crippen LogP contribution in [-0.4, -0.2) is 68.7 Å². The van der Waals surface area contributed by atoms with Gasteiger partial charge in [0.05, 0.1) is 15.5 Å². The molecule has 1 saturated heterocycles. The summed E-state index contributed by atoms with van der Waals surface area (Å²) >= 11 is 12.3. The molecule has 1 amide bonds. The highest BCUT2D eigenvalue weighted by atomic mass is 35.5. The maximum Gasteiger partial charge on any atom is 0.255 e. The molecule has 0 bridgehead atoms. The quantitative estimate of drug-likeness (QED) is 0.667. The fraction of sp³-hybridized carbons (Fsp3) is 0.350. The van der Waals surface area contributed by atoms with Gasteiger partial charge in [-0.2, -0.15) is 0 Å². The van der Waals surface area contributed by atoms with Crippen LogP contribution in [0.25, 0.3) is 0 Å². The zero-order valence-electron chi connectivity index (χ0n) is 16.6. The number of amides is 1. The van der Waals surface area contributed by atoms with Crippen LogP contribution in [-0.2, 0) is 16.6 Å². The average molecular weight is 474 g/mol. The summed E-state index contributed by atoms with van der Waals surface area (Å²) in [5.74, 6) is -0.690. The number of rotatable bonds is 5. The molecule has 0 saturated carbocycles. The largest absolute Gasteiger partial charge is 0.336 e. The van der Waals surface area contributed by atoms with Gasteiger partial charge in [0.2, 0.25) is 10.0 Å². The summed E-state index contributed by atoms with van der Waals surface area (Å²) in [4.78, 5) is 16.8. The normalized spacial score (nSPS) is 15.6. The molecule has 30 heavy (non-hydrogen) atoms. The second kappa shape index (κ2) is 9.20. The van der Waals surface area contributed by atoms with Gasteiger partial charge in [0.15, 0.2) is 0 Å². The predicted octanol–water partition coefficient (Wildman–Crippen LogP) is 3.34. The van der Waals surface area contributed by atoms with Gasteiger partial charge >= 0.3 is 0 Å². The van der Waals surface area contributed by atoms with E-state index >= 15 is 0 Å². The van der Waals surface area contributed by atoms with E-state index < -0.39 is 10.0 Å². The van der Waals surface area contributed by atoms with Crippen molar-refractivity contribution in [3.63, 3.8) is 0 Å². The van der Waals surface area contributed by atoms with Gasteiger partial charge < -0.3 is 4.90 Å². The number of carbonyl (C=O) groups is 1. The highest BCUT2D eigenvalue weighted by molar-refractivity contribution is 7.89. The summed E-state index contributed by atoms with van der Waals surface area (Å²) in [6, 6.07) is 8.46. The Hall–Kier alpha value is -1.71. The molecule has 2 aromatic carbocycles. The number of halogens is 3. The van der Waals surface area contributed by atoms with E-state index in [1.54, 1.807) is 11.0 Å². The number of benzene rings is 2. The van der Waals surface area contributed by atoms with Crippen molar-refractivity contribution in [2.75, 3.05) is 40.3 Å². The molecular weight excluding hydrogens is 452 g/mol. The fourth-order valence-corrected chi connectivity index (χ4v) is 4.56. The summed E-state index contributed by atoms with van der Waals surface area (Å²) in [5.41, 5.74) is 0.983. The Morgan fingerprint density at radius 1 is 1.03 bits per heavy atom. The van der Waals surface area contributed by atoms with Crippen molar-refractivity contribution >= 4 is 39.1 Å². The summed E-state index contributed by atoms with van der Waals surface area (Å²) in [6.07, 6.45) is 0. The van der Waals surface area contributed by atoms with Gasteiger partial charge in [-0.3, -0.25) is 9.69 Å². The van der Waals surface area contributed by atoms with E-state index in [-0.39, 0.29) is 27.2 Å². The first-order chi connectivity index (χ1) is 14.1. The summed E-state index contributed by atoms with van der Waals surface area (Å²) in [7, 11) is -0.817. The van der Waals surface area contributed by atoms with Crippen LogP contribution < -0.4 is 0 Å². The lowest BCUT2D eigenvalue weighted by molar-refractivity contribution is 0.0628. The topological polar surface area (TPSA) is 60.9 Å². The predicted molar refractivity (Wildman–Crippen MR) is 115 cm³/mol. The van der Waals surface area contributed by atoms with Crippen LogP contribution >= 0.6 is 23.2 Å². The number of piperazine rings is 1. The Balaban J connectivity index is 1.69. The van der Waals surface area contributed by atoms with Crippen LogP contribution in [0.1, 0.15) is 15.9 Å². The van der Waals surface area contributed by atoms with Gasteiger partial charge in [0, 0.05) is 51.8 Å². The lowest BCUT2D eigenvalue weighted by Crippen LogP contribution is -2.48. The average Bonchev–Trinajstić information content (AvgIpc) is 2.70. The van der Waals surface area contributed by atoms with Crippen molar-refractivity contribution < 1.29 is 17.6 Å². The first-order valence-corrected chi connectivity index (χ1v) is 11.5. The maximum atomic E-state index is 13.2. The second-order valence-corrected chi connectivity index (χ2v) is 10.2. The van der Waals surface area contributed by atoms with Crippen molar-refractivity contribution in [2.45, 2.75) is 11.4 Å². The van der Waals surface area contributed by atoms with Gasteiger partial charge in [-0.15, -0.1) is 0 Å². The molecule has 0 aromatic heterocycles. The van der Waals surface area contributed by atoms with E-state index in [0.717, 1.165) is 9.87 Å². The van der Waals surface area contributed by atoms with Crippen LogP contribution in [0.2, 0.25) is 10.0 Å². The highest BCUT2D eigenvalue weighted by Gasteiger charge is 2.26. The Kier molecular flexibility index (Phi) is 7.04. The van der Waals surface area contributed by atoms with Gasteiger partial charge in [0.25, 0.3) is 5.91 Å². The first kappa shape index (κ1) is 23.0. The molecule has 0 atom stereocenters. The number of hydrogen-bond donors (Lipinski definition) is 0. The van der Waals surface area contributed by atoms with Crippen molar-refractivity contribution in [3.05, 3.63) is 63.4 Å². The number of sulfonamides is 1. The molecule has 0 N–H and O–H groups in total. The minimum Gasteiger partial charge on any atom is -0.336 e. The van der Waals surface area contributed by atoms with Gasteiger partial charge in [-0.05, 0) is 35.9 Å². The van der Waals surface area contributed by atoms with Crippen LogP contribution in [0.5, 0.6) is 0 Å². The molecule has 6 nitrogen and oxygen atoms in total. The van der Waals surface area contributed by atoms with Crippen molar-refractivity contribution in [3.8, 4) is 0 Å². The van der Waals surface area contributed by atoms with E-state index in [1.165, 1.54) is 44.4 Å². The van der Waals surface area contributed by atoms with Crippen LogP contribution in [0.15, 0.2) is 41.3 Å². The summed E-state index contributed by atoms with van der Waals surface area (Å²) in [6.45, 7) is 2.68. The molecule has 162 valence electrons. The van der Waals surface area contributed by atoms with E-state index in [1.807, 2.05) is 0 Å². The van der Waals surface area contributed by atoms with Gasteiger partial charge in [-0.1, -0.05) is 29.3 Å². The lowest BCUT2D eigenvalue weighted by atomic mass is 10.1. The third kappa shape index (κ3) is 4.95. The lowest BCUT2D eigenvalue weighted by Gasteiger charge is -2.35. The van der Waals surface area contributed by atoms with E-state index in [2.05, 4.69) is 4.90 Å². The smallest absolute Gasteiger partial charge is 0.255 e. The Morgan fingerprint density at radius 3 is 2.30 bits per heavy atom. The molecule has 0 spiro atoms. The van der Waals surface area contributed by atoms with Crippen LogP contribution in [0.3, 0.4) is 0 Å². The van der Waals surface area contributed by atoms with Crippen molar-refractivity contribution in [1.82, 2.24) is 14.1 Å². The zero-order chi connectivity index (χ0) is 22.1. The minimum atomic E-state index is -3.67. The number of hydrogen-bond acceptors (Lipinski definition) is 4. The van der Waals surface area contributed by atoms with E-state index in [4.69, 9.17) is 23.2 Å². The summed E-state index contributed by atoms with van der Waals surface area (Å²) in [5, 5.41) is 0.581. The molecule has 0 unspecified atom stereocenters. The van der Waals surface area contributed by atoms with E-state index in [0.29, 0.717) is 37.7 Å². The standard InChI is InChI=1S/C20H22Cl2FN3O3S/c1-24(2)30(28,29)16-5-6-18(21)17(12-16)20(27)26-9-7-25(8-10-26)13-14-3-4-15(23)11-19(14)22/h3-6,11-12H,7-10,13H2,1-2H3. The van der Waals surface area contributed by atoms with Crippen molar-refractivity contribution in [2.24, 2.45) is 0 Å². The molecule has 1 aliphatic heterocycles. The molecule has 1 fully saturated rings. The molecule has 1 heterocycles. The third-order valence-corrected chi connectivity index (χ3v) is 7.51. The molecular formula is C20H22Cl2FN3O3S. The molecule has 0 radical (unpaired) electrons. The maximum absolute atomic E-state index is 13.2. The van der Waals surface area contributed by atoms with Gasteiger partial charge in [-0.25, -0.2) is 17.1 Å². The van der Waals surface area contributed by atoms with Crippen molar-refractivity contribution in [1.29, 1.82) is 0 Å². The molecule has 10 heteroatoms. The number of nitrogens with zero attached hydrogens (tertiary/aromatic N) is 3. The highest BCUT2D eigenvalue weighted by Crippen LogP contribution is 2.25. The Morgan fingerprint density at radius 2 is 1.70 bits per heavy atom. The zero-order valence-corrected chi connectivity index (χ0v) is 18.9. The summed E-state index contributed by atoms with van der Waals surface area (Å²) < 4.78 is 39.1. The molecule has 1 aliphatic rings. The fourth-order valence-electron chi connectivity index (χ4n) is 3.21. The third-order valence-electron chi connectivity index (χ3n) is 5.02.